The van der Waals surface area contributed by atoms with Gasteiger partial charge in [-0.05, 0) is 55.9 Å². The van der Waals surface area contributed by atoms with Gasteiger partial charge in [-0.25, -0.2) is 14.5 Å². The summed E-state index contributed by atoms with van der Waals surface area (Å²) >= 11 is 0. The third kappa shape index (κ3) is 5.76. The van der Waals surface area contributed by atoms with Crippen molar-refractivity contribution in [1.82, 2.24) is 24.6 Å². The Bertz CT molecular complexity index is 1040. The summed E-state index contributed by atoms with van der Waals surface area (Å²) in [6.07, 6.45) is 6.48. The van der Waals surface area contributed by atoms with E-state index in [0.717, 1.165) is 19.5 Å². The number of H-pyrrole nitrogens is 1. The lowest BCUT2D eigenvalue weighted by molar-refractivity contribution is 0.0697. The zero-order chi connectivity index (χ0) is 20.6. The van der Waals surface area contributed by atoms with Gasteiger partial charge >= 0.3 is 5.97 Å². The van der Waals surface area contributed by atoms with E-state index in [4.69, 9.17) is 5.11 Å². The normalized spacial score (nSPS) is 10.7. The molecule has 0 bridgehead atoms. The van der Waals surface area contributed by atoms with Crippen LogP contribution in [0.5, 0.6) is 0 Å². The zero-order valence-corrected chi connectivity index (χ0v) is 16.6. The number of carbonyl (C=O) groups is 1. The summed E-state index contributed by atoms with van der Waals surface area (Å²) in [5.41, 5.74) is 4.14. The predicted molar refractivity (Wildman–Crippen MR) is 113 cm³/mol. The van der Waals surface area contributed by atoms with E-state index in [0.29, 0.717) is 5.56 Å². The van der Waals surface area contributed by atoms with Crippen LogP contribution in [0.1, 0.15) is 21.5 Å². The van der Waals surface area contributed by atoms with E-state index in [9.17, 15) is 4.79 Å². The van der Waals surface area contributed by atoms with E-state index >= 15 is 0 Å². The molecule has 29 heavy (non-hydrogen) atoms. The monoisotopic (exact) mass is 393 g/mol. The molecule has 7 heteroatoms. The number of aromatic nitrogens is 4. The minimum atomic E-state index is -0.879. The molecule has 4 rings (SSSR count). The van der Waals surface area contributed by atoms with Crippen LogP contribution < -0.4 is 0 Å². The summed E-state index contributed by atoms with van der Waals surface area (Å²) in [6, 6.07) is 14.8. The van der Waals surface area contributed by atoms with E-state index in [1.807, 2.05) is 4.68 Å². The molecule has 0 spiro atoms. The molecule has 4 aromatic rings. The molecule has 0 fully saturated rings. The van der Waals surface area contributed by atoms with Gasteiger partial charge < -0.3 is 15.0 Å². The van der Waals surface area contributed by atoms with Crippen LogP contribution in [-0.4, -0.2) is 56.4 Å². The predicted octanol–water partition coefficient (Wildman–Crippen LogP) is 3.30. The first-order valence-corrected chi connectivity index (χ1v) is 9.37. The second-order valence-corrected chi connectivity index (χ2v) is 7.01. The van der Waals surface area contributed by atoms with Gasteiger partial charge in [0, 0.05) is 23.6 Å². The van der Waals surface area contributed by atoms with Crippen molar-refractivity contribution in [3.05, 3.63) is 84.1 Å². The van der Waals surface area contributed by atoms with Crippen molar-refractivity contribution in [3.8, 4) is 0 Å². The van der Waals surface area contributed by atoms with Gasteiger partial charge in [-0.2, -0.15) is 5.10 Å². The van der Waals surface area contributed by atoms with Crippen LogP contribution in [-0.2, 0) is 13.0 Å². The SMILES string of the molecule is CN(C)CCc1[14cH][nH]c2ccc(Cn3cncn3)cc12.O=C(O)c1ccccc1. The fourth-order valence-corrected chi connectivity index (χ4v) is 2.96. The fraction of sp³-hybridized carbons (Fsp3) is 0.227. The molecule has 2 aromatic heterocycles. The summed E-state index contributed by atoms with van der Waals surface area (Å²) in [7, 11) is 4.20. The molecule has 0 saturated carbocycles. The lowest BCUT2D eigenvalue weighted by Gasteiger charge is -2.08. The number of hydrogen-bond donors (Lipinski definition) is 2. The molecular formula is C22H25N5O2. The number of carboxylic acid groups (broad SMARTS) is 1. The molecule has 0 aliphatic rings. The smallest absolute Gasteiger partial charge is 0.335 e. The number of fused-ring (bicyclic) bond motifs is 1. The largest absolute Gasteiger partial charge is 0.478 e. The van der Waals surface area contributed by atoms with E-state index in [1.54, 1.807) is 43.0 Å². The molecule has 0 saturated heterocycles. The standard InChI is InChI=1S/C15H19N5.C7H6O2/c1-19(2)6-5-13-8-17-15-4-3-12(7-14(13)15)9-20-11-16-10-18-20;8-7(9)6-4-2-1-3-5-6/h3-4,7-8,10-11,17H,5-6,9H2,1-2H3;1-5H,(H,8,9)/i8+2;. The van der Waals surface area contributed by atoms with Crippen LogP contribution in [0.4, 0.5) is 0 Å². The maximum atomic E-state index is 10.2. The van der Waals surface area contributed by atoms with Gasteiger partial charge in [-0.15, -0.1) is 0 Å². The van der Waals surface area contributed by atoms with Crippen molar-refractivity contribution >= 4 is 16.9 Å². The first-order chi connectivity index (χ1) is 14.0. The Kier molecular flexibility index (Phi) is 6.76. The number of likely N-dealkylation sites (N-methyl/N-ethyl adjacent to an activating group) is 1. The minimum Gasteiger partial charge on any atom is -0.478 e. The summed E-state index contributed by atoms with van der Waals surface area (Å²) in [5, 5.41) is 13.8. The summed E-state index contributed by atoms with van der Waals surface area (Å²) in [6.45, 7) is 1.81. The van der Waals surface area contributed by atoms with Crippen molar-refractivity contribution in [1.29, 1.82) is 0 Å². The van der Waals surface area contributed by atoms with Gasteiger partial charge in [-0.1, -0.05) is 24.3 Å². The van der Waals surface area contributed by atoms with Crippen molar-refractivity contribution in [3.63, 3.8) is 0 Å². The summed E-state index contributed by atoms with van der Waals surface area (Å²) in [4.78, 5) is 19.7. The van der Waals surface area contributed by atoms with Crippen LogP contribution in [0.3, 0.4) is 0 Å². The van der Waals surface area contributed by atoms with E-state index < -0.39 is 5.97 Å². The second kappa shape index (κ2) is 9.66. The van der Waals surface area contributed by atoms with Crippen LogP contribution in [0.15, 0.2) is 67.4 Å². The molecule has 0 radical (unpaired) electrons. The number of benzene rings is 2. The topological polar surface area (TPSA) is 87.0 Å². The Morgan fingerprint density at radius 2 is 2.00 bits per heavy atom. The average Bonchev–Trinajstić information content (AvgIpc) is 3.37. The Morgan fingerprint density at radius 3 is 2.62 bits per heavy atom. The van der Waals surface area contributed by atoms with Crippen LogP contribution in [0.2, 0.25) is 0 Å². The third-order valence-corrected chi connectivity index (χ3v) is 4.49. The average molecular weight is 393 g/mol. The number of rotatable bonds is 6. The molecule has 2 heterocycles. The summed E-state index contributed by atoms with van der Waals surface area (Å²) < 4.78 is 1.84. The van der Waals surface area contributed by atoms with Gasteiger partial charge in [0.25, 0.3) is 0 Å². The van der Waals surface area contributed by atoms with Gasteiger partial charge in [0.15, 0.2) is 0 Å². The van der Waals surface area contributed by atoms with E-state index in [-0.39, 0.29) is 0 Å². The number of aromatic carboxylic acids is 1. The third-order valence-electron chi connectivity index (χ3n) is 4.49. The highest BCUT2D eigenvalue weighted by Crippen LogP contribution is 2.21. The van der Waals surface area contributed by atoms with Gasteiger partial charge in [-0.3, -0.25) is 0 Å². The first-order valence-electron chi connectivity index (χ1n) is 9.37. The lowest BCUT2D eigenvalue weighted by atomic mass is 10.1. The number of hydrogen-bond acceptors (Lipinski definition) is 4. The number of nitrogens with one attached hydrogen (secondary N) is 1. The Labute approximate surface area is 169 Å². The van der Waals surface area contributed by atoms with Gasteiger partial charge in [0.05, 0.1) is 12.1 Å². The molecule has 2 N–H and O–H groups in total. The Hall–Kier alpha value is -3.45. The molecule has 0 atom stereocenters. The summed E-state index contributed by atoms with van der Waals surface area (Å²) in [5.74, 6) is -0.879. The highest BCUT2D eigenvalue weighted by molar-refractivity contribution is 5.87. The molecular weight excluding hydrogens is 368 g/mol. The molecule has 0 aliphatic heterocycles. The van der Waals surface area contributed by atoms with Crippen molar-refractivity contribution in [2.24, 2.45) is 0 Å². The Balaban J connectivity index is 0.000000224. The number of carboxylic acids is 1. The molecule has 7 nitrogen and oxygen atoms in total. The van der Waals surface area contributed by atoms with Crippen LogP contribution >= 0.6 is 0 Å². The first kappa shape index (κ1) is 20.3. The van der Waals surface area contributed by atoms with Crippen molar-refractivity contribution in [2.45, 2.75) is 13.0 Å². The number of nitrogens with zero attached hydrogens (tertiary/aromatic N) is 4. The van der Waals surface area contributed by atoms with E-state index in [2.05, 4.69) is 58.5 Å². The maximum absolute atomic E-state index is 10.2. The van der Waals surface area contributed by atoms with Crippen LogP contribution in [0.25, 0.3) is 10.9 Å². The number of aromatic amines is 1. The molecule has 150 valence electrons. The van der Waals surface area contributed by atoms with Crippen LogP contribution in [0, 0.1) is 0 Å². The molecule has 0 amide bonds. The lowest BCUT2D eigenvalue weighted by Crippen LogP contribution is -2.14. The Morgan fingerprint density at radius 1 is 1.21 bits per heavy atom. The highest BCUT2D eigenvalue weighted by atomic mass is 16.4. The van der Waals surface area contributed by atoms with Gasteiger partial charge in [0.1, 0.15) is 12.7 Å². The second-order valence-electron chi connectivity index (χ2n) is 7.01. The fourth-order valence-electron chi connectivity index (χ4n) is 2.96. The quantitative estimate of drug-likeness (QED) is 0.525. The van der Waals surface area contributed by atoms with Crippen molar-refractivity contribution in [2.75, 3.05) is 20.6 Å². The zero-order valence-electron chi connectivity index (χ0n) is 16.6. The maximum Gasteiger partial charge on any atom is 0.335 e. The molecule has 0 unspecified atom stereocenters. The highest BCUT2D eigenvalue weighted by Gasteiger charge is 2.06. The van der Waals surface area contributed by atoms with E-state index in [1.165, 1.54) is 22.0 Å². The molecule has 0 aliphatic carbocycles. The molecule has 2 aromatic carbocycles. The minimum absolute atomic E-state index is 0.331. The van der Waals surface area contributed by atoms with Gasteiger partial charge in [0.2, 0.25) is 0 Å². The van der Waals surface area contributed by atoms with Crippen molar-refractivity contribution < 1.29 is 9.90 Å².